The molecule has 1 N–H and O–H groups in total. The zero-order chi connectivity index (χ0) is 15.4. The van der Waals surface area contributed by atoms with Crippen LogP contribution in [0.4, 0.5) is 0 Å². The van der Waals surface area contributed by atoms with Gasteiger partial charge in [0.1, 0.15) is 0 Å². The molecule has 2 aliphatic rings. The predicted octanol–water partition coefficient (Wildman–Crippen LogP) is 2.67. The van der Waals surface area contributed by atoms with E-state index in [0.29, 0.717) is 6.04 Å². The van der Waals surface area contributed by atoms with Gasteiger partial charge in [-0.2, -0.15) is 0 Å². The number of rotatable bonds is 7. The Morgan fingerprint density at radius 2 is 1.86 bits per heavy atom. The largest absolute Gasteiger partial charge is 0.493 e. The zero-order valence-corrected chi connectivity index (χ0v) is 13.8. The molecule has 22 heavy (non-hydrogen) atoms. The molecule has 1 heterocycles. The van der Waals surface area contributed by atoms with Crippen molar-refractivity contribution < 1.29 is 9.47 Å². The van der Waals surface area contributed by atoms with E-state index in [4.69, 9.17) is 9.47 Å². The molecule has 4 nitrogen and oxygen atoms in total. The lowest BCUT2D eigenvalue weighted by molar-refractivity contribution is 0.188. The lowest BCUT2D eigenvalue weighted by atomic mass is 10.0. The van der Waals surface area contributed by atoms with Crippen LogP contribution in [-0.4, -0.2) is 44.8 Å². The number of benzene rings is 1. The Kier molecular flexibility index (Phi) is 5.21. The number of hydrogen-bond donors (Lipinski definition) is 1. The van der Waals surface area contributed by atoms with E-state index in [1.165, 1.54) is 37.8 Å². The highest BCUT2D eigenvalue weighted by molar-refractivity contribution is 5.46. The van der Waals surface area contributed by atoms with E-state index in [1.807, 2.05) is 12.1 Å². The average Bonchev–Trinajstić information content (AvgIpc) is 3.38. The Balaban J connectivity index is 1.51. The fraction of sp³-hybridized carbons (Fsp3) is 0.667. The highest BCUT2D eigenvalue weighted by atomic mass is 16.5. The van der Waals surface area contributed by atoms with Crippen LogP contribution in [0.15, 0.2) is 18.2 Å². The zero-order valence-electron chi connectivity index (χ0n) is 13.8. The summed E-state index contributed by atoms with van der Waals surface area (Å²) in [6, 6.07) is 6.85. The second-order valence-electron chi connectivity index (χ2n) is 6.55. The molecular formula is C18H28N2O2. The predicted molar refractivity (Wildman–Crippen MR) is 88.6 cm³/mol. The summed E-state index contributed by atoms with van der Waals surface area (Å²) in [7, 11) is 3.41. The van der Waals surface area contributed by atoms with Gasteiger partial charge < -0.3 is 14.8 Å². The quantitative estimate of drug-likeness (QED) is 0.840. The van der Waals surface area contributed by atoms with Gasteiger partial charge in [-0.3, -0.25) is 4.90 Å². The van der Waals surface area contributed by atoms with Crippen molar-refractivity contribution >= 4 is 0 Å². The van der Waals surface area contributed by atoms with Crippen molar-refractivity contribution in [3.05, 3.63) is 23.8 Å². The van der Waals surface area contributed by atoms with Crippen molar-refractivity contribution in [3.63, 3.8) is 0 Å². The maximum absolute atomic E-state index is 5.54. The Labute approximate surface area is 133 Å². The second kappa shape index (κ2) is 7.34. The molecule has 4 heteroatoms. The minimum atomic E-state index is 0.712. The van der Waals surface area contributed by atoms with Gasteiger partial charge in [0, 0.05) is 18.2 Å². The maximum atomic E-state index is 5.54. The van der Waals surface area contributed by atoms with Crippen LogP contribution in [0.25, 0.3) is 0 Å². The number of hydrogen-bond acceptors (Lipinski definition) is 4. The minimum Gasteiger partial charge on any atom is -0.493 e. The van der Waals surface area contributed by atoms with E-state index in [2.05, 4.69) is 16.3 Å². The average molecular weight is 304 g/mol. The maximum Gasteiger partial charge on any atom is 0.165 e. The van der Waals surface area contributed by atoms with Gasteiger partial charge in [-0.05, 0) is 57.3 Å². The van der Waals surface area contributed by atoms with Gasteiger partial charge in [-0.15, -0.1) is 0 Å². The Morgan fingerprint density at radius 3 is 2.50 bits per heavy atom. The van der Waals surface area contributed by atoms with E-state index < -0.39 is 0 Å². The van der Waals surface area contributed by atoms with Crippen LogP contribution in [0.1, 0.15) is 31.2 Å². The van der Waals surface area contributed by atoms with E-state index in [0.717, 1.165) is 37.1 Å². The normalized spacial score (nSPS) is 20.1. The first-order valence-electron chi connectivity index (χ1n) is 8.45. The number of ether oxygens (including phenoxy) is 2. The van der Waals surface area contributed by atoms with E-state index in [9.17, 15) is 0 Å². The van der Waals surface area contributed by atoms with Crippen LogP contribution >= 0.6 is 0 Å². The van der Waals surface area contributed by atoms with Gasteiger partial charge in [-0.1, -0.05) is 12.1 Å². The minimum absolute atomic E-state index is 0.712. The molecule has 1 aromatic carbocycles. The number of piperidine rings is 1. The number of likely N-dealkylation sites (tertiary alicyclic amines) is 1. The molecule has 0 spiro atoms. The van der Waals surface area contributed by atoms with Crippen LogP contribution in [0, 0.1) is 5.92 Å². The molecule has 0 unspecified atom stereocenters. The third kappa shape index (κ3) is 3.93. The summed E-state index contributed by atoms with van der Waals surface area (Å²) in [6.45, 7) is 4.48. The topological polar surface area (TPSA) is 33.7 Å². The fourth-order valence-corrected chi connectivity index (χ4v) is 3.27. The summed E-state index contributed by atoms with van der Waals surface area (Å²) in [4.78, 5) is 2.52. The molecule has 3 rings (SSSR count). The number of para-hydroxylation sites is 1. The third-order valence-electron chi connectivity index (χ3n) is 4.86. The molecule has 0 radical (unpaired) electrons. The SMILES string of the molecule is COc1cccc(CN2CCC(NCC3CC3)CC2)c1OC. The molecule has 0 bridgehead atoms. The van der Waals surface area contributed by atoms with Crippen molar-refractivity contribution in [1.82, 2.24) is 10.2 Å². The third-order valence-corrected chi connectivity index (χ3v) is 4.86. The summed E-state index contributed by atoms with van der Waals surface area (Å²) in [6.07, 6.45) is 5.36. The van der Waals surface area contributed by atoms with Crippen LogP contribution in [0.2, 0.25) is 0 Å². The van der Waals surface area contributed by atoms with Gasteiger partial charge >= 0.3 is 0 Å². The Bertz CT molecular complexity index is 480. The van der Waals surface area contributed by atoms with Crippen LogP contribution in [-0.2, 0) is 6.54 Å². The van der Waals surface area contributed by atoms with Gasteiger partial charge in [0.15, 0.2) is 11.5 Å². The first-order chi connectivity index (χ1) is 10.8. The lowest BCUT2D eigenvalue weighted by Crippen LogP contribution is -2.42. The molecular weight excluding hydrogens is 276 g/mol. The van der Waals surface area contributed by atoms with Gasteiger partial charge in [0.2, 0.25) is 0 Å². The van der Waals surface area contributed by atoms with Gasteiger partial charge in [0.05, 0.1) is 14.2 Å². The van der Waals surface area contributed by atoms with E-state index >= 15 is 0 Å². The highest BCUT2D eigenvalue weighted by Crippen LogP contribution is 2.32. The summed E-state index contributed by atoms with van der Waals surface area (Å²) >= 11 is 0. The van der Waals surface area contributed by atoms with Crippen molar-refractivity contribution in [2.75, 3.05) is 33.9 Å². The fourth-order valence-electron chi connectivity index (χ4n) is 3.27. The summed E-state index contributed by atoms with van der Waals surface area (Å²) < 4.78 is 10.9. The molecule has 1 saturated heterocycles. The van der Waals surface area contributed by atoms with Crippen molar-refractivity contribution in [2.45, 2.75) is 38.3 Å². The van der Waals surface area contributed by atoms with Crippen molar-refractivity contribution in [3.8, 4) is 11.5 Å². The smallest absolute Gasteiger partial charge is 0.165 e. The van der Waals surface area contributed by atoms with Crippen LogP contribution in [0.3, 0.4) is 0 Å². The summed E-state index contributed by atoms with van der Waals surface area (Å²) in [5, 5.41) is 3.74. The molecule has 1 aliphatic heterocycles. The number of nitrogens with zero attached hydrogens (tertiary/aromatic N) is 1. The number of methoxy groups -OCH3 is 2. The van der Waals surface area contributed by atoms with Gasteiger partial charge in [0.25, 0.3) is 0 Å². The molecule has 122 valence electrons. The summed E-state index contributed by atoms with van der Waals surface area (Å²) in [5.41, 5.74) is 1.21. The van der Waals surface area contributed by atoms with E-state index in [-0.39, 0.29) is 0 Å². The molecule has 1 saturated carbocycles. The first-order valence-corrected chi connectivity index (χ1v) is 8.45. The molecule has 0 amide bonds. The molecule has 1 aliphatic carbocycles. The van der Waals surface area contributed by atoms with Gasteiger partial charge in [-0.25, -0.2) is 0 Å². The Morgan fingerprint density at radius 1 is 1.09 bits per heavy atom. The molecule has 2 fully saturated rings. The van der Waals surface area contributed by atoms with Crippen molar-refractivity contribution in [2.24, 2.45) is 5.92 Å². The number of nitrogens with one attached hydrogen (secondary N) is 1. The molecule has 0 aromatic heterocycles. The highest BCUT2D eigenvalue weighted by Gasteiger charge is 2.24. The molecule has 1 aromatic rings. The van der Waals surface area contributed by atoms with Crippen LogP contribution in [0.5, 0.6) is 11.5 Å². The van der Waals surface area contributed by atoms with Crippen molar-refractivity contribution in [1.29, 1.82) is 0 Å². The second-order valence-corrected chi connectivity index (χ2v) is 6.55. The monoisotopic (exact) mass is 304 g/mol. The summed E-state index contributed by atoms with van der Waals surface area (Å²) in [5.74, 6) is 2.67. The van der Waals surface area contributed by atoms with E-state index in [1.54, 1.807) is 14.2 Å². The van der Waals surface area contributed by atoms with Crippen LogP contribution < -0.4 is 14.8 Å². The first kappa shape index (κ1) is 15.6. The standard InChI is InChI=1S/C18H28N2O2/c1-21-17-5-3-4-15(18(17)22-2)13-20-10-8-16(9-11-20)19-12-14-6-7-14/h3-5,14,16,19H,6-13H2,1-2H3. The lowest BCUT2D eigenvalue weighted by Gasteiger charge is -2.33. The Hall–Kier alpha value is -1.26. The molecule has 0 atom stereocenters.